The van der Waals surface area contributed by atoms with Crippen LogP contribution in [0.15, 0.2) is 0 Å². The van der Waals surface area contributed by atoms with Crippen LogP contribution in [-0.4, -0.2) is 33.5 Å². The number of halogens is 2. The molecule has 1 unspecified atom stereocenters. The molecule has 0 aromatic carbocycles. The molecule has 14 heavy (non-hydrogen) atoms. The first-order valence-corrected chi connectivity index (χ1v) is 8.67. The van der Waals surface area contributed by atoms with Gasteiger partial charge in [-0.2, -0.15) is 0 Å². The molecule has 0 aromatic rings. The summed E-state index contributed by atoms with van der Waals surface area (Å²) in [7, 11) is -1.95. The second-order valence-corrected chi connectivity index (χ2v) is 7.35. The molecule has 0 N–H and O–H groups in total. The Bertz CT molecular complexity index is 138. The highest BCUT2D eigenvalue weighted by molar-refractivity contribution is 6.66. The average molecular weight is 259 g/mol. The van der Waals surface area contributed by atoms with Gasteiger partial charge in [0.05, 0.1) is 0 Å². The highest BCUT2D eigenvalue weighted by atomic mass is 35.5. The summed E-state index contributed by atoms with van der Waals surface area (Å²) in [6, 6.07) is 0.965. The summed E-state index contributed by atoms with van der Waals surface area (Å²) in [6.07, 6.45) is 1.85. The van der Waals surface area contributed by atoms with Crippen molar-refractivity contribution in [2.45, 2.75) is 32.4 Å². The minimum absolute atomic E-state index is 0.645. The molecule has 5 heteroatoms. The van der Waals surface area contributed by atoms with Crippen molar-refractivity contribution in [1.82, 2.24) is 0 Å². The van der Waals surface area contributed by atoms with E-state index in [1.807, 2.05) is 6.92 Å². The fourth-order valence-corrected chi connectivity index (χ4v) is 4.07. The molecule has 86 valence electrons. The topological polar surface area (TPSA) is 18.5 Å². The van der Waals surface area contributed by atoms with E-state index in [0.717, 1.165) is 18.9 Å². The lowest BCUT2D eigenvalue weighted by Crippen LogP contribution is -2.39. The van der Waals surface area contributed by atoms with Crippen molar-refractivity contribution in [3.8, 4) is 0 Å². The monoisotopic (exact) mass is 258 g/mol. The number of alkyl halides is 2. The van der Waals surface area contributed by atoms with Crippen LogP contribution in [0.4, 0.5) is 0 Å². The Kier molecular flexibility index (Phi) is 9.44. The predicted octanol–water partition coefficient (Wildman–Crippen LogP) is 3.37. The van der Waals surface area contributed by atoms with Crippen molar-refractivity contribution in [2.75, 3.05) is 25.0 Å². The normalized spacial score (nSPS) is 15.4. The quantitative estimate of drug-likeness (QED) is 0.359. The van der Waals surface area contributed by atoms with Crippen LogP contribution in [-0.2, 0) is 8.85 Å². The highest BCUT2D eigenvalue weighted by Gasteiger charge is 2.29. The molecule has 0 bridgehead atoms. The van der Waals surface area contributed by atoms with Crippen LogP contribution >= 0.6 is 23.2 Å². The van der Waals surface area contributed by atoms with E-state index < -0.39 is 8.56 Å². The van der Waals surface area contributed by atoms with Crippen LogP contribution in [0.3, 0.4) is 0 Å². The summed E-state index contributed by atoms with van der Waals surface area (Å²) in [4.78, 5) is 0. The van der Waals surface area contributed by atoms with Gasteiger partial charge in [0.1, 0.15) is 0 Å². The lowest BCUT2D eigenvalue weighted by atomic mass is 10.5. The molecule has 0 aromatic heterocycles. The third-order valence-corrected chi connectivity index (χ3v) is 5.41. The first-order valence-electron chi connectivity index (χ1n) is 5.08. The Labute approximate surface area is 98.1 Å². The molecule has 0 saturated heterocycles. The van der Waals surface area contributed by atoms with Crippen molar-refractivity contribution in [1.29, 1.82) is 0 Å². The first kappa shape index (κ1) is 14.7. The zero-order valence-electron chi connectivity index (χ0n) is 9.02. The zero-order chi connectivity index (χ0) is 10.9. The van der Waals surface area contributed by atoms with Crippen LogP contribution in [0.5, 0.6) is 0 Å². The molecule has 0 spiro atoms. The van der Waals surface area contributed by atoms with Gasteiger partial charge < -0.3 is 8.85 Å². The van der Waals surface area contributed by atoms with Gasteiger partial charge in [0.15, 0.2) is 0 Å². The van der Waals surface area contributed by atoms with Crippen LogP contribution < -0.4 is 0 Å². The lowest BCUT2D eigenvalue weighted by molar-refractivity contribution is 0.181. The average Bonchev–Trinajstić information content (AvgIpc) is 2.16. The fourth-order valence-electron chi connectivity index (χ4n) is 1.22. The Morgan fingerprint density at radius 2 is 1.71 bits per heavy atom. The van der Waals surface area contributed by atoms with Gasteiger partial charge in [-0.15, -0.1) is 23.2 Å². The van der Waals surface area contributed by atoms with Crippen LogP contribution in [0.25, 0.3) is 0 Å². The Balaban J connectivity index is 3.82. The predicted molar refractivity (Wildman–Crippen MR) is 64.7 cm³/mol. The second kappa shape index (κ2) is 8.98. The smallest absolute Gasteiger partial charge is 0.334 e. The molecular formula is C9H20Cl2O2Si. The van der Waals surface area contributed by atoms with Gasteiger partial charge in [0, 0.05) is 25.0 Å². The second-order valence-electron chi connectivity index (χ2n) is 3.25. The molecule has 0 aliphatic heterocycles. The SMILES string of the molecule is CCO[Si](C)(CCCCl)OCCCCl. The van der Waals surface area contributed by atoms with E-state index in [1.165, 1.54) is 0 Å². The maximum absolute atomic E-state index is 5.79. The molecule has 2 nitrogen and oxygen atoms in total. The van der Waals surface area contributed by atoms with Gasteiger partial charge in [-0.1, -0.05) is 0 Å². The zero-order valence-corrected chi connectivity index (χ0v) is 11.5. The molecule has 1 atom stereocenters. The standard InChI is InChI=1S/C9H20Cl2O2Si/c1-3-12-14(2,9-5-7-11)13-8-4-6-10/h3-9H2,1-2H3. The maximum atomic E-state index is 5.79. The van der Waals surface area contributed by atoms with Gasteiger partial charge >= 0.3 is 8.56 Å². The number of hydrogen-bond acceptors (Lipinski definition) is 2. The van der Waals surface area contributed by atoms with E-state index in [9.17, 15) is 0 Å². The highest BCUT2D eigenvalue weighted by Crippen LogP contribution is 2.16. The minimum Gasteiger partial charge on any atom is -0.395 e. The summed E-state index contributed by atoms with van der Waals surface area (Å²) < 4.78 is 11.5. The van der Waals surface area contributed by atoms with Crippen molar-refractivity contribution in [3.63, 3.8) is 0 Å². The van der Waals surface area contributed by atoms with Crippen molar-refractivity contribution in [2.24, 2.45) is 0 Å². The molecule has 0 heterocycles. The number of rotatable bonds is 9. The summed E-state index contributed by atoms with van der Waals surface area (Å²) in [5.41, 5.74) is 0. The van der Waals surface area contributed by atoms with E-state index >= 15 is 0 Å². The van der Waals surface area contributed by atoms with Gasteiger partial charge in [-0.25, -0.2) is 0 Å². The molecule has 0 aliphatic rings. The third-order valence-electron chi connectivity index (χ3n) is 1.90. The lowest BCUT2D eigenvalue weighted by Gasteiger charge is -2.26. The van der Waals surface area contributed by atoms with E-state index in [2.05, 4.69) is 6.55 Å². The largest absolute Gasteiger partial charge is 0.395 e. The molecule has 0 saturated carbocycles. The van der Waals surface area contributed by atoms with E-state index in [-0.39, 0.29) is 0 Å². The first-order chi connectivity index (χ1) is 6.68. The van der Waals surface area contributed by atoms with Gasteiger partial charge in [0.25, 0.3) is 0 Å². The van der Waals surface area contributed by atoms with Crippen LogP contribution in [0, 0.1) is 0 Å². The molecule has 0 rings (SSSR count). The maximum Gasteiger partial charge on any atom is 0.334 e. The van der Waals surface area contributed by atoms with Crippen molar-refractivity contribution >= 4 is 31.8 Å². The molecule has 0 radical (unpaired) electrons. The van der Waals surface area contributed by atoms with Gasteiger partial charge in [0.2, 0.25) is 0 Å². The third kappa shape index (κ3) is 7.07. The van der Waals surface area contributed by atoms with Gasteiger partial charge in [-0.05, 0) is 32.4 Å². The van der Waals surface area contributed by atoms with E-state index in [4.69, 9.17) is 32.1 Å². The van der Waals surface area contributed by atoms with Crippen molar-refractivity contribution < 1.29 is 8.85 Å². The molecular weight excluding hydrogens is 239 g/mol. The Morgan fingerprint density at radius 3 is 2.21 bits per heavy atom. The van der Waals surface area contributed by atoms with Crippen LogP contribution in [0.1, 0.15) is 19.8 Å². The van der Waals surface area contributed by atoms with Gasteiger partial charge in [-0.3, -0.25) is 0 Å². The summed E-state index contributed by atoms with van der Waals surface area (Å²) in [5, 5.41) is 0. The fraction of sp³-hybridized carbons (Fsp3) is 1.00. The molecule has 0 aliphatic carbocycles. The van der Waals surface area contributed by atoms with Crippen LogP contribution in [0.2, 0.25) is 12.6 Å². The Morgan fingerprint density at radius 1 is 1.07 bits per heavy atom. The minimum atomic E-state index is -1.95. The summed E-state index contributed by atoms with van der Waals surface area (Å²) in [5.74, 6) is 1.32. The Hall–Kier alpha value is 0.717. The summed E-state index contributed by atoms with van der Waals surface area (Å²) >= 11 is 11.2. The van der Waals surface area contributed by atoms with Crippen molar-refractivity contribution in [3.05, 3.63) is 0 Å². The van der Waals surface area contributed by atoms with E-state index in [1.54, 1.807) is 0 Å². The van der Waals surface area contributed by atoms with E-state index in [0.29, 0.717) is 25.0 Å². The molecule has 0 amide bonds. The summed E-state index contributed by atoms with van der Waals surface area (Å²) in [6.45, 7) is 5.51. The molecule has 0 fully saturated rings. The number of hydrogen-bond donors (Lipinski definition) is 0.